The summed E-state index contributed by atoms with van der Waals surface area (Å²) in [5, 5.41) is 23.2. The smallest absolute Gasteiger partial charge is 0.0998 e. The van der Waals surface area contributed by atoms with Crippen LogP contribution < -0.4 is 0 Å². The van der Waals surface area contributed by atoms with E-state index in [2.05, 4.69) is 56.8 Å². The predicted molar refractivity (Wildman–Crippen MR) is 171 cm³/mol. The third kappa shape index (κ3) is 4.87. The zero-order valence-corrected chi connectivity index (χ0v) is 25.3. The van der Waals surface area contributed by atoms with E-state index in [1.165, 1.54) is 24.4 Å². The van der Waals surface area contributed by atoms with Crippen LogP contribution in [0.4, 0.5) is 0 Å². The number of aryl methyl sites for hydroxylation is 2. The zero-order valence-electron chi connectivity index (χ0n) is 28.9. The Morgan fingerprint density at radius 2 is 1.59 bits per heavy atom. The van der Waals surface area contributed by atoms with E-state index in [4.69, 9.17) is 8.22 Å². The van der Waals surface area contributed by atoms with Crippen molar-refractivity contribution in [1.29, 1.82) is 10.5 Å². The molecule has 0 fully saturated rings. The minimum absolute atomic E-state index is 0. The van der Waals surface area contributed by atoms with Crippen molar-refractivity contribution in [2.24, 2.45) is 0 Å². The molecule has 0 saturated heterocycles. The molecule has 211 valence electrons. The fourth-order valence-electron chi connectivity index (χ4n) is 5.48. The number of fused-ring (bicyclic) bond motifs is 6. The van der Waals surface area contributed by atoms with Gasteiger partial charge in [-0.2, -0.15) is 10.5 Å². The van der Waals surface area contributed by atoms with Gasteiger partial charge in [0.15, 0.2) is 0 Å². The van der Waals surface area contributed by atoms with Crippen molar-refractivity contribution >= 4 is 38.1 Å². The van der Waals surface area contributed by atoms with E-state index in [-0.39, 0.29) is 31.2 Å². The molecule has 0 saturated carbocycles. The quantitative estimate of drug-likeness (QED) is 0.166. The van der Waals surface area contributed by atoms with Gasteiger partial charge in [0, 0.05) is 62.8 Å². The molecule has 0 atom stereocenters. The topological polar surface area (TPSA) is 77.8 Å². The third-order valence-electron chi connectivity index (χ3n) is 7.35. The monoisotopic (exact) mass is 748 g/mol. The summed E-state index contributed by atoms with van der Waals surface area (Å²) < 4.78 is 45.8. The van der Waals surface area contributed by atoms with Crippen LogP contribution in [0.2, 0.25) is 0 Å². The molecule has 0 aliphatic heterocycles. The first-order valence-electron chi connectivity index (χ1n) is 16.4. The molecule has 0 N–H and O–H groups in total. The fourth-order valence-corrected chi connectivity index (χ4v) is 5.48. The maximum atomic E-state index is 9.80. The Morgan fingerprint density at radius 3 is 2.30 bits per heavy atom. The molecule has 1 radical (unpaired) electrons. The molecular formula is C38H23IrN5-2. The summed E-state index contributed by atoms with van der Waals surface area (Å²) >= 11 is 0. The average Bonchev–Trinajstić information content (AvgIpc) is 3.63. The largest absolute Gasteiger partial charge is 0.348 e. The molecule has 0 aliphatic carbocycles. The molecule has 4 heterocycles. The standard InChI is InChI=1S/C25H11N4.C13H12N.Ir/c26-13-15-9-17(14-27)24-20-12-16(21-6-3-4-8-28-21)11-19-18-5-1-2-7-22(18)29(25(19)20)23(24)10-15;1-10-3-6-12(7-4-10)13-8-5-11(2)9-14-13;/h1-10,12H;3-6,8-9H,1-2H3;/q2*-1;/i;1D3,2D3;. The van der Waals surface area contributed by atoms with Gasteiger partial charge >= 0.3 is 0 Å². The Kier molecular flexibility index (Phi) is 5.91. The van der Waals surface area contributed by atoms with Crippen LogP contribution in [0.5, 0.6) is 0 Å². The zero-order chi connectivity index (χ0) is 34.5. The van der Waals surface area contributed by atoms with E-state index >= 15 is 0 Å². The molecule has 0 spiro atoms. The first-order chi connectivity index (χ1) is 23.5. The third-order valence-corrected chi connectivity index (χ3v) is 7.35. The van der Waals surface area contributed by atoms with Crippen LogP contribution in [-0.2, 0) is 20.1 Å². The number of benzene rings is 4. The first-order valence-corrected chi connectivity index (χ1v) is 13.4. The molecule has 8 aromatic rings. The van der Waals surface area contributed by atoms with E-state index in [9.17, 15) is 10.5 Å². The molecule has 0 bridgehead atoms. The molecule has 4 aromatic carbocycles. The van der Waals surface area contributed by atoms with Crippen molar-refractivity contribution in [3.8, 4) is 34.7 Å². The Balaban J connectivity index is 0.000000182. The van der Waals surface area contributed by atoms with Crippen molar-refractivity contribution in [1.82, 2.24) is 14.4 Å². The van der Waals surface area contributed by atoms with Crippen LogP contribution in [0.15, 0.2) is 103 Å². The summed E-state index contributed by atoms with van der Waals surface area (Å²) in [5.74, 6) is 0. The Bertz CT molecular complexity index is 2530. The number of pyridine rings is 2. The summed E-state index contributed by atoms with van der Waals surface area (Å²) in [7, 11) is 0. The van der Waals surface area contributed by atoms with Crippen LogP contribution in [0.1, 0.15) is 30.5 Å². The first kappa shape index (κ1) is 22.2. The molecular weight excluding hydrogens is 719 g/mol. The average molecular weight is 748 g/mol. The van der Waals surface area contributed by atoms with Crippen molar-refractivity contribution in [3.05, 3.63) is 138 Å². The SMILES string of the molecule is N#Cc1cc(C#N)c2c3cc(-c4ccccn4)[c-]c4c5ccccc5n(c2c1)c43.[2H]C([2H])([2H])c1c[c-]c(-c2ccc(C([2H])([2H])[2H])cn2)cc1.[Ir]. The van der Waals surface area contributed by atoms with E-state index in [1.807, 2.05) is 36.4 Å². The molecule has 4 aromatic heterocycles. The molecule has 8 rings (SSSR count). The number of aromatic nitrogens is 3. The van der Waals surface area contributed by atoms with Gasteiger partial charge in [-0.15, -0.1) is 47.5 Å². The second-order valence-corrected chi connectivity index (χ2v) is 9.95. The maximum Gasteiger partial charge on any atom is 0.0998 e. The molecule has 44 heavy (non-hydrogen) atoms. The van der Waals surface area contributed by atoms with Gasteiger partial charge in [-0.1, -0.05) is 71.0 Å². The Hall–Kier alpha value is -5.39. The molecule has 6 heteroatoms. The number of para-hydroxylation sites is 1. The summed E-state index contributed by atoms with van der Waals surface area (Å²) in [6.07, 6.45) is 3.07. The molecule has 0 aliphatic rings. The summed E-state index contributed by atoms with van der Waals surface area (Å²) in [6.45, 7) is -4.34. The Labute approximate surface area is 276 Å². The number of rotatable bonds is 2. The van der Waals surface area contributed by atoms with Gasteiger partial charge in [-0.3, -0.25) is 4.98 Å². The Morgan fingerprint density at radius 1 is 0.773 bits per heavy atom. The number of nitriles is 2. The second kappa shape index (κ2) is 11.7. The minimum atomic E-state index is -2.18. The van der Waals surface area contributed by atoms with E-state index in [0.717, 1.165) is 49.4 Å². The van der Waals surface area contributed by atoms with Crippen LogP contribution in [0.25, 0.3) is 60.6 Å². The van der Waals surface area contributed by atoms with Crippen LogP contribution in [0.3, 0.4) is 0 Å². The molecule has 5 nitrogen and oxygen atoms in total. The van der Waals surface area contributed by atoms with Gasteiger partial charge in [0.2, 0.25) is 0 Å². The summed E-state index contributed by atoms with van der Waals surface area (Å²) in [4.78, 5) is 8.57. The van der Waals surface area contributed by atoms with Crippen molar-refractivity contribution in [2.75, 3.05) is 0 Å². The number of hydrogen-bond acceptors (Lipinski definition) is 4. The van der Waals surface area contributed by atoms with Crippen molar-refractivity contribution in [3.63, 3.8) is 0 Å². The second-order valence-electron chi connectivity index (χ2n) is 9.95. The normalized spacial score (nSPS) is 13.3. The van der Waals surface area contributed by atoms with Crippen LogP contribution in [0, 0.1) is 48.5 Å². The van der Waals surface area contributed by atoms with E-state index in [0.29, 0.717) is 22.4 Å². The number of nitrogens with zero attached hydrogens (tertiary/aromatic N) is 5. The molecule has 0 unspecified atom stereocenters. The predicted octanol–water partition coefficient (Wildman–Crippen LogP) is 8.61. The van der Waals surface area contributed by atoms with E-state index in [1.54, 1.807) is 24.4 Å². The van der Waals surface area contributed by atoms with Gasteiger partial charge < -0.3 is 9.38 Å². The minimum Gasteiger partial charge on any atom is -0.348 e. The fraction of sp³-hybridized carbons (Fsp3) is 0.0526. The van der Waals surface area contributed by atoms with Gasteiger partial charge in [-0.25, -0.2) is 0 Å². The van der Waals surface area contributed by atoms with Crippen molar-refractivity contribution in [2.45, 2.75) is 13.7 Å². The number of hydrogen-bond donors (Lipinski definition) is 0. The molecule has 0 amide bonds. The van der Waals surface area contributed by atoms with Crippen molar-refractivity contribution < 1.29 is 28.3 Å². The van der Waals surface area contributed by atoms with Gasteiger partial charge in [0.1, 0.15) is 0 Å². The van der Waals surface area contributed by atoms with Gasteiger partial charge in [0.25, 0.3) is 0 Å². The van der Waals surface area contributed by atoms with E-state index < -0.39 is 13.7 Å². The maximum absolute atomic E-state index is 9.80. The van der Waals surface area contributed by atoms with Crippen LogP contribution >= 0.6 is 0 Å². The summed E-state index contributed by atoms with van der Waals surface area (Å²) in [5.41, 5.74) is 7.18. The van der Waals surface area contributed by atoms with Gasteiger partial charge in [0.05, 0.1) is 23.3 Å². The summed E-state index contributed by atoms with van der Waals surface area (Å²) in [6, 6.07) is 38.0. The van der Waals surface area contributed by atoms with Crippen LogP contribution in [-0.4, -0.2) is 14.4 Å². The van der Waals surface area contributed by atoms with Gasteiger partial charge in [-0.05, 0) is 47.9 Å².